The molecule has 0 bridgehead atoms. The first-order chi connectivity index (χ1) is 6.33. The number of aryl methyl sites for hydroxylation is 2. The van der Waals surface area contributed by atoms with Gasteiger partial charge in [0.15, 0.2) is 0 Å². The van der Waals surface area contributed by atoms with Gasteiger partial charge in [0.2, 0.25) is 6.33 Å². The van der Waals surface area contributed by atoms with Crippen LogP contribution in [0.5, 0.6) is 0 Å². The first-order valence-electron chi connectivity index (χ1n) is 5.04. The fourth-order valence-electron chi connectivity index (χ4n) is 1.43. The highest BCUT2D eigenvalue weighted by molar-refractivity contribution is 4.65. The van der Waals surface area contributed by atoms with Gasteiger partial charge in [0.1, 0.15) is 12.4 Å². The van der Waals surface area contributed by atoms with E-state index in [9.17, 15) is 0 Å². The van der Waals surface area contributed by atoms with Crippen LogP contribution in [0.1, 0.15) is 25.7 Å². The number of nitrogens with two attached hydrogens (primary N) is 1. The Hall–Kier alpha value is -0.830. The Morgan fingerprint density at radius 2 is 2.00 bits per heavy atom. The summed E-state index contributed by atoms with van der Waals surface area (Å²) in [7, 11) is 2.05. The number of hydrogen-bond acceptors (Lipinski definition) is 1. The van der Waals surface area contributed by atoms with Gasteiger partial charge in [-0.2, -0.15) is 0 Å². The largest absolute Gasteiger partial charge is 0.330 e. The van der Waals surface area contributed by atoms with Gasteiger partial charge in [-0.25, -0.2) is 9.13 Å². The van der Waals surface area contributed by atoms with E-state index in [-0.39, 0.29) is 0 Å². The van der Waals surface area contributed by atoms with Gasteiger partial charge in [-0.05, 0) is 25.8 Å². The molecule has 0 aliphatic rings. The lowest BCUT2D eigenvalue weighted by molar-refractivity contribution is -0.671. The molecule has 0 atom stereocenters. The van der Waals surface area contributed by atoms with Crippen LogP contribution in [-0.4, -0.2) is 11.1 Å². The SMILES string of the molecule is C[n+]1ccn(CCCCCCN)c1. The number of rotatable bonds is 6. The van der Waals surface area contributed by atoms with Gasteiger partial charge in [0.05, 0.1) is 13.6 Å². The summed E-state index contributed by atoms with van der Waals surface area (Å²) in [6.07, 6.45) is 11.3. The second-order valence-electron chi connectivity index (χ2n) is 3.52. The minimum atomic E-state index is 0.832. The highest BCUT2D eigenvalue weighted by atomic mass is 15.1. The third-order valence-corrected chi connectivity index (χ3v) is 2.19. The van der Waals surface area contributed by atoms with Crippen molar-refractivity contribution in [1.82, 2.24) is 4.57 Å². The van der Waals surface area contributed by atoms with Gasteiger partial charge in [0, 0.05) is 0 Å². The maximum atomic E-state index is 5.42. The molecule has 74 valence electrons. The molecule has 0 saturated heterocycles. The average Bonchev–Trinajstić information content (AvgIpc) is 2.51. The number of aromatic nitrogens is 2. The van der Waals surface area contributed by atoms with Crippen molar-refractivity contribution in [2.24, 2.45) is 12.8 Å². The maximum Gasteiger partial charge on any atom is 0.243 e. The Morgan fingerprint density at radius 1 is 1.23 bits per heavy atom. The zero-order valence-electron chi connectivity index (χ0n) is 8.45. The highest BCUT2D eigenvalue weighted by Gasteiger charge is 1.98. The molecule has 2 N–H and O–H groups in total. The topological polar surface area (TPSA) is 34.8 Å². The van der Waals surface area contributed by atoms with E-state index in [2.05, 4.69) is 27.9 Å². The van der Waals surface area contributed by atoms with Crippen LogP contribution in [-0.2, 0) is 13.6 Å². The van der Waals surface area contributed by atoms with Crippen LogP contribution in [0, 0.1) is 0 Å². The lowest BCUT2D eigenvalue weighted by atomic mass is 10.2. The Kier molecular flexibility index (Phi) is 4.54. The standard InChI is InChI=1S/C10H20N3/c1-12-8-9-13(10-12)7-5-3-2-4-6-11/h8-10H,2-7,11H2,1H3/q+1. The third kappa shape index (κ3) is 4.08. The van der Waals surface area contributed by atoms with E-state index in [4.69, 9.17) is 5.73 Å². The van der Waals surface area contributed by atoms with Gasteiger partial charge in [-0.15, -0.1) is 0 Å². The van der Waals surface area contributed by atoms with Crippen LogP contribution in [0.15, 0.2) is 18.7 Å². The molecule has 1 aromatic rings. The lowest BCUT2D eigenvalue weighted by Crippen LogP contribution is -2.23. The molecule has 3 heteroatoms. The van der Waals surface area contributed by atoms with Gasteiger partial charge >= 0.3 is 0 Å². The van der Waals surface area contributed by atoms with E-state index in [1.807, 2.05) is 7.05 Å². The molecule has 3 nitrogen and oxygen atoms in total. The fraction of sp³-hybridized carbons (Fsp3) is 0.700. The number of hydrogen-bond donors (Lipinski definition) is 1. The molecule has 0 spiro atoms. The number of unbranched alkanes of at least 4 members (excludes halogenated alkanes) is 3. The molecule has 1 rings (SSSR count). The predicted molar refractivity (Wildman–Crippen MR) is 53.1 cm³/mol. The maximum absolute atomic E-state index is 5.42. The molecule has 0 saturated carbocycles. The van der Waals surface area contributed by atoms with Crippen molar-refractivity contribution in [3.63, 3.8) is 0 Å². The van der Waals surface area contributed by atoms with Gasteiger partial charge < -0.3 is 5.73 Å². The van der Waals surface area contributed by atoms with Crippen molar-refractivity contribution in [2.45, 2.75) is 32.2 Å². The summed E-state index contributed by atoms with van der Waals surface area (Å²) in [6, 6.07) is 0. The minimum Gasteiger partial charge on any atom is -0.330 e. The summed E-state index contributed by atoms with van der Waals surface area (Å²) in [5.74, 6) is 0. The van der Waals surface area contributed by atoms with Crippen molar-refractivity contribution in [1.29, 1.82) is 0 Å². The van der Waals surface area contributed by atoms with Crippen LogP contribution in [0.4, 0.5) is 0 Å². The van der Waals surface area contributed by atoms with Gasteiger partial charge in [-0.1, -0.05) is 6.42 Å². The van der Waals surface area contributed by atoms with Crippen LogP contribution in [0.2, 0.25) is 0 Å². The summed E-state index contributed by atoms with van der Waals surface area (Å²) < 4.78 is 4.29. The Labute approximate surface area is 80.2 Å². The zero-order chi connectivity index (χ0) is 9.52. The smallest absolute Gasteiger partial charge is 0.243 e. The van der Waals surface area contributed by atoms with Crippen molar-refractivity contribution in [3.8, 4) is 0 Å². The van der Waals surface area contributed by atoms with E-state index in [1.54, 1.807) is 0 Å². The van der Waals surface area contributed by atoms with Crippen molar-refractivity contribution < 1.29 is 4.57 Å². The minimum absolute atomic E-state index is 0.832. The lowest BCUT2D eigenvalue weighted by Gasteiger charge is -1.97. The second kappa shape index (κ2) is 5.75. The van der Waals surface area contributed by atoms with Crippen LogP contribution in [0.25, 0.3) is 0 Å². The normalized spacial score (nSPS) is 10.6. The predicted octanol–water partition coefficient (Wildman–Crippen LogP) is 0.832. The Morgan fingerprint density at radius 3 is 2.62 bits per heavy atom. The first-order valence-corrected chi connectivity index (χ1v) is 5.04. The average molecular weight is 182 g/mol. The van der Waals surface area contributed by atoms with Crippen LogP contribution in [0.3, 0.4) is 0 Å². The molecule has 0 radical (unpaired) electrons. The fourth-order valence-corrected chi connectivity index (χ4v) is 1.43. The molecule has 1 heterocycles. The van der Waals surface area contributed by atoms with E-state index in [0.29, 0.717) is 0 Å². The molecule has 0 amide bonds. The quantitative estimate of drug-likeness (QED) is 0.513. The zero-order valence-corrected chi connectivity index (χ0v) is 8.45. The molecule has 1 aromatic heterocycles. The summed E-state index contributed by atoms with van der Waals surface area (Å²) in [5, 5.41) is 0. The van der Waals surface area contributed by atoms with Crippen molar-refractivity contribution >= 4 is 0 Å². The summed E-state index contributed by atoms with van der Waals surface area (Å²) in [4.78, 5) is 0. The van der Waals surface area contributed by atoms with Gasteiger partial charge in [-0.3, -0.25) is 0 Å². The second-order valence-corrected chi connectivity index (χ2v) is 3.52. The number of imidazole rings is 1. The molecule has 0 aliphatic carbocycles. The van der Waals surface area contributed by atoms with Crippen LogP contribution < -0.4 is 10.3 Å². The molecular weight excluding hydrogens is 162 g/mol. The molecule has 0 fully saturated rings. The van der Waals surface area contributed by atoms with E-state index in [0.717, 1.165) is 13.1 Å². The molecule has 0 aromatic carbocycles. The molecular formula is C10H20N3+. The third-order valence-electron chi connectivity index (χ3n) is 2.19. The van der Waals surface area contributed by atoms with Crippen molar-refractivity contribution in [3.05, 3.63) is 18.7 Å². The first kappa shape index (κ1) is 10.3. The highest BCUT2D eigenvalue weighted by Crippen LogP contribution is 2.00. The summed E-state index contributed by atoms with van der Waals surface area (Å²) >= 11 is 0. The summed E-state index contributed by atoms with van der Waals surface area (Å²) in [5.41, 5.74) is 5.42. The van der Waals surface area contributed by atoms with Crippen molar-refractivity contribution in [2.75, 3.05) is 6.54 Å². The molecule has 13 heavy (non-hydrogen) atoms. The number of nitrogens with zero attached hydrogens (tertiary/aromatic N) is 2. The molecule has 0 aliphatic heterocycles. The van der Waals surface area contributed by atoms with E-state index < -0.39 is 0 Å². The van der Waals surface area contributed by atoms with Crippen LogP contribution >= 0.6 is 0 Å². The van der Waals surface area contributed by atoms with E-state index >= 15 is 0 Å². The van der Waals surface area contributed by atoms with E-state index in [1.165, 1.54) is 25.7 Å². The Bertz CT molecular complexity index is 230. The molecule has 0 unspecified atom stereocenters. The summed E-state index contributed by atoms with van der Waals surface area (Å²) in [6.45, 7) is 1.96. The Balaban J connectivity index is 2.06. The monoisotopic (exact) mass is 182 g/mol. The van der Waals surface area contributed by atoms with Gasteiger partial charge in [0.25, 0.3) is 0 Å².